The van der Waals surface area contributed by atoms with Crippen LogP contribution < -0.4 is 10.6 Å². The fourth-order valence-corrected chi connectivity index (χ4v) is 3.31. The lowest BCUT2D eigenvalue weighted by molar-refractivity contribution is -0.122. The zero-order valence-corrected chi connectivity index (χ0v) is 20.9. The van der Waals surface area contributed by atoms with Crippen molar-refractivity contribution in [3.63, 3.8) is 0 Å². The van der Waals surface area contributed by atoms with E-state index < -0.39 is 0 Å². The van der Waals surface area contributed by atoms with Crippen LogP contribution in [0, 0.1) is 0 Å². The van der Waals surface area contributed by atoms with Crippen LogP contribution >= 0.6 is 0 Å². The van der Waals surface area contributed by atoms with Crippen molar-refractivity contribution in [2.24, 2.45) is 0 Å². The molecule has 1 aliphatic rings. The molecule has 31 heavy (non-hydrogen) atoms. The highest BCUT2D eigenvalue weighted by Gasteiger charge is 2.29. The minimum atomic E-state index is 0.0837. The highest BCUT2D eigenvalue weighted by Crippen LogP contribution is 2.33. The second-order valence-corrected chi connectivity index (χ2v) is 8.04. The average Bonchev–Trinajstić information content (AvgIpc) is 3.03. The summed E-state index contributed by atoms with van der Waals surface area (Å²) in [7, 11) is 5.60. The molecule has 0 spiro atoms. The zero-order valence-electron chi connectivity index (χ0n) is 20.9. The fourth-order valence-electron chi connectivity index (χ4n) is 3.31. The Bertz CT molecular complexity index is 958. The van der Waals surface area contributed by atoms with Crippen molar-refractivity contribution in [3.05, 3.63) is 86.6 Å². The van der Waals surface area contributed by atoms with Gasteiger partial charge in [-0.05, 0) is 106 Å². The molecular weight excluding hydrogens is 382 g/mol. The van der Waals surface area contributed by atoms with E-state index in [9.17, 15) is 4.79 Å². The Hall–Kier alpha value is -2.97. The molecule has 0 aromatic rings. The number of rotatable bonds is 7. The van der Waals surface area contributed by atoms with Crippen molar-refractivity contribution in [3.8, 4) is 0 Å². The molecule has 0 radical (unpaired) electrons. The molecule has 0 atom stereocenters. The molecule has 4 nitrogen and oxygen atoms in total. The molecule has 168 valence electrons. The Morgan fingerprint density at radius 1 is 0.968 bits per heavy atom. The molecule has 0 aliphatic carbocycles. The maximum absolute atomic E-state index is 13.0. The third-order valence-electron chi connectivity index (χ3n) is 6.10. The van der Waals surface area contributed by atoms with E-state index in [4.69, 9.17) is 0 Å². The lowest BCUT2D eigenvalue weighted by Crippen LogP contribution is -2.18. The third kappa shape index (κ3) is 6.77. The highest BCUT2D eigenvalue weighted by molar-refractivity contribution is 5.99. The second kappa shape index (κ2) is 12.0. The van der Waals surface area contributed by atoms with Gasteiger partial charge in [0.25, 0.3) is 5.91 Å². The van der Waals surface area contributed by atoms with Gasteiger partial charge >= 0.3 is 0 Å². The topological polar surface area (TPSA) is 44.4 Å². The molecule has 1 heterocycles. The van der Waals surface area contributed by atoms with Gasteiger partial charge in [0.2, 0.25) is 0 Å². The van der Waals surface area contributed by atoms with Crippen LogP contribution in [0.2, 0.25) is 0 Å². The van der Waals surface area contributed by atoms with Crippen molar-refractivity contribution < 1.29 is 4.79 Å². The molecule has 1 fully saturated rings. The molecule has 1 aliphatic heterocycles. The van der Waals surface area contributed by atoms with Gasteiger partial charge < -0.3 is 15.5 Å². The number of allylic oxidation sites excluding steroid dienone is 11. The number of hydrogen-bond acceptors (Lipinski definition) is 3. The first-order valence-electron chi connectivity index (χ1n) is 10.7. The molecule has 2 N–H and O–H groups in total. The van der Waals surface area contributed by atoms with Crippen molar-refractivity contribution in [1.82, 2.24) is 15.5 Å². The Morgan fingerprint density at radius 3 is 2.19 bits per heavy atom. The minimum Gasteiger partial charge on any atom is -0.394 e. The van der Waals surface area contributed by atoms with Crippen LogP contribution in [0.4, 0.5) is 0 Å². The summed E-state index contributed by atoms with van der Waals surface area (Å²) in [6.45, 7) is 14.6. The van der Waals surface area contributed by atoms with Gasteiger partial charge in [-0.3, -0.25) is 4.79 Å². The maximum Gasteiger partial charge on any atom is 0.254 e. The van der Waals surface area contributed by atoms with E-state index in [0.29, 0.717) is 6.42 Å². The number of carbonyl (C=O) groups is 1. The van der Waals surface area contributed by atoms with Crippen LogP contribution in [0.15, 0.2) is 86.6 Å². The van der Waals surface area contributed by atoms with Crippen LogP contribution in [0.1, 0.15) is 54.9 Å². The Kier molecular flexibility index (Phi) is 10.1. The molecular formula is C27H39N3O. The van der Waals surface area contributed by atoms with Crippen LogP contribution in [0.3, 0.4) is 0 Å². The smallest absolute Gasteiger partial charge is 0.254 e. The molecule has 4 heteroatoms. The highest BCUT2D eigenvalue weighted by atomic mass is 16.2. The van der Waals surface area contributed by atoms with Crippen LogP contribution in [-0.2, 0) is 4.79 Å². The maximum atomic E-state index is 13.0. The van der Waals surface area contributed by atoms with E-state index in [1.807, 2.05) is 40.3 Å². The van der Waals surface area contributed by atoms with Gasteiger partial charge in [0.1, 0.15) is 0 Å². The molecule has 0 unspecified atom stereocenters. The Balaban J connectivity index is 3.36. The summed E-state index contributed by atoms with van der Waals surface area (Å²) in [6.07, 6.45) is 10.5. The Labute approximate surface area is 189 Å². The predicted molar refractivity (Wildman–Crippen MR) is 133 cm³/mol. The minimum absolute atomic E-state index is 0.0837. The normalized spacial score (nSPS) is 19.3. The van der Waals surface area contributed by atoms with Crippen molar-refractivity contribution in [2.75, 3.05) is 21.1 Å². The summed E-state index contributed by atoms with van der Waals surface area (Å²) in [4.78, 5) is 14.8. The molecule has 0 bridgehead atoms. The summed E-state index contributed by atoms with van der Waals surface area (Å²) in [5.41, 5.74) is 13.1. The summed E-state index contributed by atoms with van der Waals surface area (Å²) in [5, 5.41) is 5.96. The van der Waals surface area contributed by atoms with Crippen molar-refractivity contribution >= 4 is 5.91 Å². The lowest BCUT2D eigenvalue weighted by atomic mass is 9.94. The zero-order chi connectivity index (χ0) is 23.7. The van der Waals surface area contributed by atoms with Crippen molar-refractivity contribution in [2.45, 2.75) is 54.9 Å². The van der Waals surface area contributed by atoms with Gasteiger partial charge in [0, 0.05) is 45.0 Å². The first-order valence-corrected chi connectivity index (χ1v) is 10.7. The van der Waals surface area contributed by atoms with E-state index >= 15 is 0 Å². The van der Waals surface area contributed by atoms with Crippen LogP contribution in [0.25, 0.3) is 0 Å². The van der Waals surface area contributed by atoms with Crippen LogP contribution in [-0.4, -0.2) is 32.0 Å². The number of amides is 1. The molecule has 1 rings (SSSR count). The van der Waals surface area contributed by atoms with Gasteiger partial charge in [-0.2, -0.15) is 0 Å². The summed E-state index contributed by atoms with van der Waals surface area (Å²) >= 11 is 0. The van der Waals surface area contributed by atoms with E-state index in [-0.39, 0.29) is 5.91 Å². The monoisotopic (exact) mass is 421 g/mol. The SMILES string of the molecule is CNC=C=C(C)C(C)=C(C)C=C1CC(=C(C)C(C)=C(C)C(C)=CC=CNC)C(=O)N1C. The standard InChI is InChI=1S/C27H39N3O/c1-18(12-11-14-28-8)22(5)23(6)24(7)26-17-25(30(10)27(26)31)16-20(3)21(4)19(2)13-15-29-9/h11-12,14-16,28-29H,17H2,1-10H3. The van der Waals surface area contributed by atoms with E-state index in [1.165, 1.54) is 11.1 Å². The second-order valence-electron chi connectivity index (χ2n) is 8.04. The number of nitrogens with one attached hydrogen (secondary N) is 2. The number of likely N-dealkylation sites (N-methyl/N-ethyl adjacent to an activating group) is 1. The number of likely N-dealkylation sites (tertiary alicyclic amines) is 1. The molecule has 0 aromatic heterocycles. The Morgan fingerprint density at radius 2 is 1.61 bits per heavy atom. The molecule has 1 saturated heterocycles. The van der Waals surface area contributed by atoms with Gasteiger partial charge in [-0.1, -0.05) is 11.8 Å². The summed E-state index contributed by atoms with van der Waals surface area (Å²) in [5.74, 6) is 0.0837. The first-order chi connectivity index (χ1) is 14.6. The van der Waals surface area contributed by atoms with Gasteiger partial charge in [-0.25, -0.2) is 0 Å². The van der Waals surface area contributed by atoms with Gasteiger partial charge in [-0.15, -0.1) is 0 Å². The van der Waals surface area contributed by atoms with E-state index in [0.717, 1.165) is 39.1 Å². The summed E-state index contributed by atoms with van der Waals surface area (Å²) < 4.78 is 0. The number of carbonyl (C=O) groups excluding carboxylic acids is 1. The van der Waals surface area contributed by atoms with E-state index in [2.05, 4.69) is 70.1 Å². The predicted octanol–water partition coefficient (Wildman–Crippen LogP) is 5.68. The molecule has 1 amide bonds. The summed E-state index contributed by atoms with van der Waals surface area (Å²) in [6, 6.07) is 0. The van der Waals surface area contributed by atoms with Crippen LogP contribution in [0.5, 0.6) is 0 Å². The molecule has 0 saturated carbocycles. The van der Waals surface area contributed by atoms with Gasteiger partial charge in [0.05, 0.1) is 0 Å². The first kappa shape index (κ1) is 26.1. The lowest BCUT2D eigenvalue weighted by Gasteiger charge is -2.12. The largest absolute Gasteiger partial charge is 0.394 e. The fraction of sp³-hybridized carbons (Fsp3) is 0.407. The van der Waals surface area contributed by atoms with Gasteiger partial charge in [0.15, 0.2) is 0 Å². The average molecular weight is 422 g/mol. The molecule has 0 aromatic carbocycles. The van der Waals surface area contributed by atoms with E-state index in [1.54, 1.807) is 11.1 Å². The number of hydrogen-bond donors (Lipinski definition) is 2. The quantitative estimate of drug-likeness (QED) is 0.316. The number of nitrogens with zero attached hydrogens (tertiary/aromatic N) is 1. The third-order valence-corrected chi connectivity index (χ3v) is 6.10. The van der Waals surface area contributed by atoms with Crippen molar-refractivity contribution in [1.29, 1.82) is 0 Å².